The molecule has 0 bridgehead atoms. The smallest absolute Gasteiger partial charge is 0.316 e. The van der Waals surface area contributed by atoms with Gasteiger partial charge in [-0.3, -0.25) is 4.79 Å². The van der Waals surface area contributed by atoms with E-state index in [9.17, 15) is 4.79 Å². The van der Waals surface area contributed by atoms with Crippen molar-refractivity contribution in [2.75, 3.05) is 6.61 Å². The van der Waals surface area contributed by atoms with Gasteiger partial charge < -0.3 is 13.9 Å². The average Bonchev–Trinajstić information content (AvgIpc) is 2.58. The molecule has 0 unspecified atom stereocenters. The fourth-order valence-electron chi connectivity index (χ4n) is 3.37. The third-order valence-electron chi connectivity index (χ3n) is 4.64. The Morgan fingerprint density at radius 2 is 1.64 bits per heavy atom. The van der Waals surface area contributed by atoms with Crippen molar-refractivity contribution in [2.24, 2.45) is 5.41 Å². The number of esters is 1. The van der Waals surface area contributed by atoms with Crippen LogP contribution < -0.4 is 4.74 Å². The quantitative estimate of drug-likeness (QED) is 0.381. The minimum atomic E-state index is -1.94. The highest BCUT2D eigenvalue weighted by Crippen LogP contribution is 2.53. The number of para-hydroxylation sites is 1. The molecule has 3 rings (SSSR count). The van der Waals surface area contributed by atoms with E-state index in [0.717, 1.165) is 11.1 Å². The zero-order valence-corrected chi connectivity index (χ0v) is 18.6. The molecule has 150 valence electrons. The number of benzene rings is 2. The van der Waals surface area contributed by atoms with E-state index in [4.69, 9.17) is 13.9 Å². The second-order valence-corrected chi connectivity index (χ2v) is 13.8. The lowest BCUT2D eigenvalue weighted by Crippen LogP contribution is -2.56. The first-order valence-electron chi connectivity index (χ1n) is 9.71. The summed E-state index contributed by atoms with van der Waals surface area (Å²) in [5.74, 6) is 0.282. The van der Waals surface area contributed by atoms with Crippen molar-refractivity contribution < 1.29 is 18.7 Å². The summed E-state index contributed by atoms with van der Waals surface area (Å²) in [5.41, 5.74) is 0.675. The number of rotatable bonds is 5. The van der Waals surface area contributed by atoms with Crippen LogP contribution in [-0.2, 0) is 19.6 Å². The number of hydrogen-bond donors (Lipinski definition) is 0. The Hall–Kier alpha value is -1.95. The summed E-state index contributed by atoms with van der Waals surface area (Å²) in [4.78, 5) is 12.6. The van der Waals surface area contributed by atoms with Gasteiger partial charge in [0.05, 0.1) is 12.0 Å². The summed E-state index contributed by atoms with van der Waals surface area (Å²) in [5, 5.41) is 0. The predicted octanol–water partition coefficient (Wildman–Crippen LogP) is 5.46. The molecule has 2 aromatic rings. The lowest BCUT2D eigenvalue weighted by molar-refractivity contribution is -0.239. The SMILES string of the molecule is CC(C)(C)C(=O)Oc1ccccc1[C@@]1(O[Si](C)(C)C)CO[C@@H]1c1ccccc1. The van der Waals surface area contributed by atoms with Gasteiger partial charge in [-0.2, -0.15) is 0 Å². The molecule has 0 N–H and O–H groups in total. The van der Waals surface area contributed by atoms with Crippen LogP contribution in [0.3, 0.4) is 0 Å². The van der Waals surface area contributed by atoms with Crippen LogP contribution in [-0.4, -0.2) is 20.9 Å². The van der Waals surface area contributed by atoms with Crippen LogP contribution in [0.1, 0.15) is 38.0 Å². The maximum absolute atomic E-state index is 12.6. The van der Waals surface area contributed by atoms with Crippen LogP contribution in [0.4, 0.5) is 0 Å². The van der Waals surface area contributed by atoms with E-state index in [2.05, 4.69) is 31.8 Å². The summed E-state index contributed by atoms with van der Waals surface area (Å²) >= 11 is 0. The second-order valence-electron chi connectivity index (χ2n) is 9.34. The molecule has 0 spiro atoms. The van der Waals surface area contributed by atoms with Gasteiger partial charge in [0.1, 0.15) is 17.5 Å². The van der Waals surface area contributed by atoms with Crippen LogP contribution in [0.2, 0.25) is 19.6 Å². The zero-order chi connectivity index (χ0) is 20.6. The van der Waals surface area contributed by atoms with Gasteiger partial charge in [0.15, 0.2) is 8.32 Å². The summed E-state index contributed by atoms with van der Waals surface area (Å²) in [6.45, 7) is 12.5. The fraction of sp³-hybridized carbons (Fsp3) is 0.435. The Bertz CT molecular complexity index is 836. The molecular weight excluding hydrogens is 368 g/mol. The van der Waals surface area contributed by atoms with Gasteiger partial charge in [-0.05, 0) is 52.0 Å². The highest BCUT2D eigenvalue weighted by atomic mass is 28.4. The van der Waals surface area contributed by atoms with Crippen molar-refractivity contribution >= 4 is 14.3 Å². The van der Waals surface area contributed by atoms with E-state index < -0.39 is 19.3 Å². The molecule has 1 saturated heterocycles. The summed E-state index contributed by atoms with van der Waals surface area (Å²) in [6.07, 6.45) is -0.241. The average molecular weight is 399 g/mol. The Morgan fingerprint density at radius 3 is 2.18 bits per heavy atom. The van der Waals surface area contributed by atoms with Gasteiger partial charge in [-0.1, -0.05) is 48.5 Å². The van der Waals surface area contributed by atoms with Gasteiger partial charge in [0.2, 0.25) is 0 Å². The summed E-state index contributed by atoms with van der Waals surface area (Å²) in [7, 11) is -1.94. The number of carbonyl (C=O) groups excluding carboxylic acids is 1. The molecule has 2 atom stereocenters. The highest BCUT2D eigenvalue weighted by Gasteiger charge is 2.55. The van der Waals surface area contributed by atoms with Crippen LogP contribution >= 0.6 is 0 Å². The first-order valence-corrected chi connectivity index (χ1v) is 13.1. The van der Waals surface area contributed by atoms with Gasteiger partial charge in [0, 0.05) is 5.56 Å². The zero-order valence-electron chi connectivity index (χ0n) is 17.6. The van der Waals surface area contributed by atoms with Crippen LogP contribution in [0, 0.1) is 5.41 Å². The summed E-state index contributed by atoms with van der Waals surface area (Å²) < 4.78 is 18.6. The molecule has 1 aliphatic rings. The molecular formula is C23H30O4Si. The molecule has 0 amide bonds. The highest BCUT2D eigenvalue weighted by molar-refractivity contribution is 6.69. The van der Waals surface area contributed by atoms with Crippen molar-refractivity contribution in [3.05, 3.63) is 65.7 Å². The normalized spacial score (nSPS) is 22.4. The molecule has 0 saturated carbocycles. The molecule has 1 aliphatic heterocycles. The second kappa shape index (κ2) is 7.47. The number of carbonyl (C=O) groups is 1. The predicted molar refractivity (Wildman–Crippen MR) is 113 cm³/mol. The Balaban J connectivity index is 2.07. The largest absolute Gasteiger partial charge is 0.426 e. The monoisotopic (exact) mass is 398 g/mol. The third kappa shape index (κ3) is 4.22. The minimum absolute atomic E-state index is 0.241. The van der Waals surface area contributed by atoms with Crippen molar-refractivity contribution in [1.82, 2.24) is 0 Å². The van der Waals surface area contributed by atoms with Crippen molar-refractivity contribution in [3.63, 3.8) is 0 Å². The van der Waals surface area contributed by atoms with Crippen molar-refractivity contribution in [3.8, 4) is 5.75 Å². The first-order chi connectivity index (χ1) is 13.0. The van der Waals surface area contributed by atoms with E-state index in [0.29, 0.717) is 12.4 Å². The molecule has 2 aromatic carbocycles. The maximum atomic E-state index is 12.6. The van der Waals surface area contributed by atoms with Gasteiger partial charge >= 0.3 is 5.97 Å². The summed E-state index contributed by atoms with van der Waals surface area (Å²) in [6, 6.07) is 17.8. The molecule has 1 heterocycles. The van der Waals surface area contributed by atoms with E-state index in [1.807, 2.05) is 63.2 Å². The van der Waals surface area contributed by atoms with Crippen molar-refractivity contribution in [1.29, 1.82) is 0 Å². The van der Waals surface area contributed by atoms with E-state index in [-0.39, 0.29) is 12.1 Å². The van der Waals surface area contributed by atoms with E-state index >= 15 is 0 Å². The Labute approximate surface area is 169 Å². The number of hydrogen-bond acceptors (Lipinski definition) is 4. The molecule has 0 radical (unpaired) electrons. The van der Waals surface area contributed by atoms with E-state index in [1.54, 1.807) is 0 Å². The molecule has 0 aromatic heterocycles. The van der Waals surface area contributed by atoms with Gasteiger partial charge in [-0.15, -0.1) is 0 Å². The van der Waals surface area contributed by atoms with Crippen LogP contribution in [0.25, 0.3) is 0 Å². The Kier molecular flexibility index (Phi) is 5.54. The van der Waals surface area contributed by atoms with Crippen molar-refractivity contribution in [2.45, 2.75) is 52.1 Å². The minimum Gasteiger partial charge on any atom is -0.426 e. The number of ether oxygens (including phenoxy) is 2. The fourth-order valence-corrected chi connectivity index (χ4v) is 4.74. The lowest BCUT2D eigenvalue weighted by atomic mass is 9.80. The first kappa shape index (κ1) is 20.8. The molecule has 1 fully saturated rings. The standard InChI is InChI=1S/C23H30O4Si/c1-22(2,3)21(24)26-19-15-11-10-14-18(19)23(27-28(4,5)6)16-25-20(23)17-12-8-7-9-13-17/h7-15,20H,16H2,1-6H3/t20-,23+/m1/s1. The van der Waals surface area contributed by atoms with Crippen LogP contribution in [0.15, 0.2) is 54.6 Å². The lowest BCUT2D eigenvalue weighted by Gasteiger charge is -2.52. The third-order valence-corrected chi connectivity index (χ3v) is 5.61. The van der Waals surface area contributed by atoms with Gasteiger partial charge in [0.25, 0.3) is 0 Å². The molecule has 0 aliphatic carbocycles. The van der Waals surface area contributed by atoms with Crippen LogP contribution in [0.5, 0.6) is 5.75 Å². The molecule has 5 heteroatoms. The maximum Gasteiger partial charge on any atom is 0.316 e. The molecule has 4 nitrogen and oxygen atoms in total. The van der Waals surface area contributed by atoms with Gasteiger partial charge in [-0.25, -0.2) is 0 Å². The Morgan fingerprint density at radius 1 is 1.04 bits per heavy atom. The molecule has 28 heavy (non-hydrogen) atoms. The van der Waals surface area contributed by atoms with E-state index in [1.165, 1.54) is 0 Å². The topological polar surface area (TPSA) is 44.8 Å².